The Morgan fingerprint density at radius 2 is 1.81 bits per heavy atom. The van der Waals surface area contributed by atoms with Gasteiger partial charge in [-0.2, -0.15) is 0 Å². The summed E-state index contributed by atoms with van der Waals surface area (Å²) in [6.07, 6.45) is 6.40. The molecule has 0 amide bonds. The van der Waals surface area contributed by atoms with Gasteiger partial charge in [-0.3, -0.25) is 5.41 Å². The molecule has 3 aromatic carbocycles. The van der Waals surface area contributed by atoms with Gasteiger partial charge in [-0.05, 0) is 53.1 Å². The van der Waals surface area contributed by atoms with Crippen molar-refractivity contribution in [2.45, 2.75) is 19.8 Å². The summed E-state index contributed by atoms with van der Waals surface area (Å²) in [4.78, 5) is 0. The first-order valence-corrected chi connectivity index (χ1v) is 9.34. The van der Waals surface area contributed by atoms with Crippen LogP contribution in [0.15, 0.2) is 54.6 Å². The minimum atomic E-state index is 0.239. The fourth-order valence-corrected chi connectivity index (χ4v) is 3.31. The summed E-state index contributed by atoms with van der Waals surface area (Å²) < 4.78 is 5.67. The molecule has 4 rings (SSSR count). The highest BCUT2D eigenvalue weighted by Crippen LogP contribution is 2.35. The summed E-state index contributed by atoms with van der Waals surface area (Å²) in [5.41, 5.74) is 4.14. The number of unbranched alkanes of at least 4 members (excludes halogenated alkanes) is 1. The van der Waals surface area contributed by atoms with E-state index in [2.05, 4.69) is 54.0 Å². The van der Waals surface area contributed by atoms with Gasteiger partial charge in [0, 0.05) is 16.9 Å². The molecule has 3 aromatic rings. The Morgan fingerprint density at radius 3 is 2.63 bits per heavy atom. The van der Waals surface area contributed by atoms with Crippen molar-refractivity contribution in [3.8, 4) is 5.75 Å². The van der Waals surface area contributed by atoms with Gasteiger partial charge in [-0.1, -0.05) is 49.8 Å². The molecule has 0 heterocycles. The van der Waals surface area contributed by atoms with Crippen LogP contribution < -0.4 is 15.4 Å². The van der Waals surface area contributed by atoms with E-state index < -0.39 is 0 Å². The van der Waals surface area contributed by atoms with E-state index in [1.165, 1.54) is 16.3 Å². The van der Waals surface area contributed by atoms with E-state index in [1.54, 1.807) is 0 Å². The first-order chi connectivity index (χ1) is 13.2. The number of rotatable bonds is 6. The zero-order valence-corrected chi connectivity index (χ0v) is 15.4. The molecule has 0 atom stereocenters. The van der Waals surface area contributed by atoms with E-state index in [1.807, 2.05) is 30.3 Å². The van der Waals surface area contributed by atoms with Crippen LogP contribution in [0.5, 0.6) is 5.75 Å². The molecule has 0 bridgehead atoms. The molecule has 1 aliphatic carbocycles. The lowest BCUT2D eigenvalue weighted by atomic mass is 10.0. The van der Waals surface area contributed by atoms with Crippen molar-refractivity contribution in [1.29, 1.82) is 5.41 Å². The molecule has 4 heteroatoms. The average molecular weight is 357 g/mol. The molecule has 1 aliphatic rings. The van der Waals surface area contributed by atoms with E-state index in [9.17, 15) is 0 Å². The number of benzene rings is 3. The smallest absolute Gasteiger partial charge is 0.197 e. The van der Waals surface area contributed by atoms with Crippen molar-refractivity contribution in [2.75, 3.05) is 17.2 Å². The molecule has 0 fully saturated rings. The normalized spacial score (nSPS) is 11.6. The van der Waals surface area contributed by atoms with Crippen molar-refractivity contribution in [3.05, 3.63) is 65.7 Å². The van der Waals surface area contributed by atoms with Gasteiger partial charge in [0.25, 0.3) is 0 Å². The van der Waals surface area contributed by atoms with Crippen LogP contribution in [0.1, 0.15) is 30.9 Å². The second-order valence-corrected chi connectivity index (χ2v) is 6.66. The summed E-state index contributed by atoms with van der Waals surface area (Å²) in [5.74, 6) is 1.09. The fraction of sp³-hybridized carbons (Fsp3) is 0.174. The summed E-state index contributed by atoms with van der Waals surface area (Å²) in [6.45, 7) is 2.88. The lowest BCUT2D eigenvalue weighted by molar-refractivity contribution is 0.309. The molecule has 0 saturated heterocycles. The van der Waals surface area contributed by atoms with E-state index in [-0.39, 0.29) is 5.96 Å². The van der Waals surface area contributed by atoms with E-state index >= 15 is 0 Å². The number of ether oxygens (including phenoxy) is 1. The molecule has 4 nitrogen and oxygen atoms in total. The average Bonchev–Trinajstić information content (AvgIpc) is 3.12. The number of hydrogen-bond donors (Lipinski definition) is 3. The van der Waals surface area contributed by atoms with Crippen LogP contribution in [-0.4, -0.2) is 12.6 Å². The van der Waals surface area contributed by atoms with Gasteiger partial charge in [0.15, 0.2) is 5.96 Å². The Hall–Kier alpha value is -3.27. The molecule has 0 spiro atoms. The molecule has 0 saturated carbocycles. The highest BCUT2D eigenvalue weighted by Gasteiger charge is 2.13. The highest BCUT2D eigenvalue weighted by atomic mass is 16.5. The van der Waals surface area contributed by atoms with E-state index in [0.29, 0.717) is 0 Å². The molecule has 136 valence electrons. The predicted molar refractivity (Wildman–Crippen MR) is 115 cm³/mol. The lowest BCUT2D eigenvalue weighted by Gasteiger charge is -2.14. The minimum absolute atomic E-state index is 0.239. The summed E-state index contributed by atoms with van der Waals surface area (Å²) >= 11 is 0. The third-order valence-electron chi connectivity index (χ3n) is 4.70. The van der Waals surface area contributed by atoms with Gasteiger partial charge >= 0.3 is 0 Å². The Kier molecular flexibility index (Phi) is 4.79. The van der Waals surface area contributed by atoms with Crippen molar-refractivity contribution in [2.24, 2.45) is 0 Å². The van der Waals surface area contributed by atoms with Crippen LogP contribution in [0.4, 0.5) is 11.4 Å². The lowest BCUT2D eigenvalue weighted by Crippen LogP contribution is -2.20. The standard InChI is InChI=1S/C23H23N3O/c1-2-3-15-27-19-11-9-18(10-12-19)25-23(24)26-21-14-8-17-6-4-5-16-7-13-20(21)22(16)17/h4-14H,2-3,15H2,1H3,(H3,24,25,26). The Bertz CT molecular complexity index is 1010. The van der Waals surface area contributed by atoms with Gasteiger partial charge in [0.1, 0.15) is 5.75 Å². The number of hydrogen-bond acceptors (Lipinski definition) is 2. The predicted octanol–water partition coefficient (Wildman–Crippen LogP) is 5.96. The van der Waals surface area contributed by atoms with Gasteiger partial charge < -0.3 is 15.4 Å². The summed E-state index contributed by atoms with van der Waals surface area (Å²) in [6, 6.07) is 18.1. The largest absolute Gasteiger partial charge is 0.494 e. The molecule has 3 N–H and O–H groups in total. The number of guanidine groups is 1. The van der Waals surface area contributed by atoms with Crippen molar-refractivity contribution < 1.29 is 4.74 Å². The van der Waals surface area contributed by atoms with Crippen LogP contribution in [0.25, 0.3) is 22.9 Å². The summed E-state index contributed by atoms with van der Waals surface area (Å²) in [5, 5.41) is 17.0. The Labute approximate surface area is 159 Å². The Morgan fingerprint density at radius 1 is 0.963 bits per heavy atom. The second kappa shape index (κ2) is 7.54. The Balaban J connectivity index is 1.43. The van der Waals surface area contributed by atoms with Gasteiger partial charge in [-0.25, -0.2) is 0 Å². The topological polar surface area (TPSA) is 57.1 Å². The molecule has 0 aromatic heterocycles. The molecule has 0 radical (unpaired) electrons. The van der Waals surface area contributed by atoms with Crippen LogP contribution in [0, 0.1) is 5.41 Å². The quantitative estimate of drug-likeness (QED) is 0.227. The van der Waals surface area contributed by atoms with Crippen molar-refractivity contribution >= 4 is 40.3 Å². The molecule has 0 unspecified atom stereocenters. The van der Waals surface area contributed by atoms with Crippen LogP contribution in [0.2, 0.25) is 0 Å². The third kappa shape index (κ3) is 3.65. The first kappa shape index (κ1) is 17.2. The maximum absolute atomic E-state index is 8.27. The van der Waals surface area contributed by atoms with E-state index in [0.717, 1.165) is 42.1 Å². The monoisotopic (exact) mass is 357 g/mol. The first-order valence-electron chi connectivity index (χ1n) is 9.34. The molecular formula is C23H23N3O. The van der Waals surface area contributed by atoms with Crippen LogP contribution in [-0.2, 0) is 0 Å². The zero-order chi connectivity index (χ0) is 18.6. The zero-order valence-electron chi connectivity index (χ0n) is 15.4. The fourth-order valence-electron chi connectivity index (χ4n) is 3.31. The summed E-state index contributed by atoms with van der Waals surface area (Å²) in [7, 11) is 0. The number of anilines is 2. The minimum Gasteiger partial charge on any atom is -0.494 e. The highest BCUT2D eigenvalue weighted by molar-refractivity contribution is 6.11. The van der Waals surface area contributed by atoms with E-state index in [4.69, 9.17) is 10.1 Å². The molecule has 27 heavy (non-hydrogen) atoms. The van der Waals surface area contributed by atoms with Crippen LogP contribution >= 0.6 is 0 Å². The SMILES string of the molecule is CCCCOc1ccc(NC(=N)Nc2ccc3cccc4c3c2C=C4)cc1. The van der Waals surface area contributed by atoms with Crippen molar-refractivity contribution in [1.82, 2.24) is 0 Å². The van der Waals surface area contributed by atoms with Gasteiger partial charge in [-0.15, -0.1) is 0 Å². The van der Waals surface area contributed by atoms with Gasteiger partial charge in [0.05, 0.1) is 6.61 Å². The molecular weight excluding hydrogens is 334 g/mol. The maximum Gasteiger partial charge on any atom is 0.197 e. The molecule has 0 aliphatic heterocycles. The number of nitrogens with one attached hydrogen (secondary N) is 3. The second-order valence-electron chi connectivity index (χ2n) is 6.66. The van der Waals surface area contributed by atoms with Crippen LogP contribution in [0.3, 0.4) is 0 Å². The third-order valence-corrected chi connectivity index (χ3v) is 4.70. The van der Waals surface area contributed by atoms with Crippen molar-refractivity contribution in [3.63, 3.8) is 0 Å². The maximum atomic E-state index is 8.27. The van der Waals surface area contributed by atoms with Gasteiger partial charge in [0.2, 0.25) is 0 Å².